The van der Waals surface area contributed by atoms with Gasteiger partial charge in [-0.15, -0.1) is 0 Å². The first-order chi connectivity index (χ1) is 16.3. The first kappa shape index (κ1) is 26.5. The molecule has 0 aromatic heterocycles. The van der Waals surface area contributed by atoms with Crippen LogP contribution in [-0.2, 0) is 24.8 Å². The highest BCUT2D eigenvalue weighted by atomic mass is 35.5. The standard InChI is InChI=1S/C24H26ClN3O5S2/c1-16-5-11-21(12-6-16)28(34(4,30)31)18(3)24(29)26-19-9-13-22(14-10-19)35(32,33)27-20-8-7-17(2)23(25)15-20/h5-15,18,27H,1-4H3,(H,26,29)/t18-/m1/s1. The summed E-state index contributed by atoms with van der Waals surface area (Å²) in [6.45, 7) is 5.16. The zero-order chi connectivity index (χ0) is 26.0. The van der Waals surface area contributed by atoms with Crippen molar-refractivity contribution in [1.29, 1.82) is 0 Å². The van der Waals surface area contributed by atoms with Crippen molar-refractivity contribution >= 4 is 54.6 Å². The molecule has 8 nitrogen and oxygen atoms in total. The number of benzene rings is 3. The Kier molecular flexibility index (Phi) is 7.78. The van der Waals surface area contributed by atoms with Crippen LogP contribution in [0.15, 0.2) is 71.6 Å². The lowest BCUT2D eigenvalue weighted by Gasteiger charge is -2.28. The Bertz CT molecular complexity index is 1440. The number of halogens is 1. The molecule has 0 saturated heterocycles. The summed E-state index contributed by atoms with van der Waals surface area (Å²) in [6.07, 6.45) is 1.03. The maximum Gasteiger partial charge on any atom is 0.261 e. The molecule has 0 aliphatic heterocycles. The summed E-state index contributed by atoms with van der Waals surface area (Å²) in [7, 11) is -7.64. The summed E-state index contributed by atoms with van der Waals surface area (Å²) in [5.74, 6) is -0.570. The first-order valence-corrected chi connectivity index (χ1v) is 14.2. The van der Waals surface area contributed by atoms with Crippen LogP contribution in [0.25, 0.3) is 0 Å². The van der Waals surface area contributed by atoms with Crippen molar-refractivity contribution in [3.8, 4) is 0 Å². The van der Waals surface area contributed by atoms with E-state index < -0.39 is 32.0 Å². The van der Waals surface area contributed by atoms with Crippen molar-refractivity contribution in [3.63, 3.8) is 0 Å². The number of carbonyl (C=O) groups is 1. The molecule has 1 atom stereocenters. The van der Waals surface area contributed by atoms with E-state index in [0.717, 1.165) is 21.7 Å². The SMILES string of the molecule is Cc1ccc(N([C@H](C)C(=O)Nc2ccc(S(=O)(=O)Nc3ccc(C)c(Cl)c3)cc2)S(C)(=O)=O)cc1. The van der Waals surface area contributed by atoms with Gasteiger partial charge in [0, 0.05) is 10.7 Å². The van der Waals surface area contributed by atoms with Gasteiger partial charge in [-0.2, -0.15) is 0 Å². The fourth-order valence-electron chi connectivity index (χ4n) is 3.34. The number of sulfonamides is 2. The van der Waals surface area contributed by atoms with Crippen LogP contribution in [-0.4, -0.2) is 35.0 Å². The number of nitrogens with one attached hydrogen (secondary N) is 2. The van der Waals surface area contributed by atoms with E-state index in [1.165, 1.54) is 37.3 Å². The van der Waals surface area contributed by atoms with Crippen LogP contribution >= 0.6 is 11.6 Å². The second-order valence-electron chi connectivity index (χ2n) is 8.15. The first-order valence-electron chi connectivity index (χ1n) is 10.5. The molecule has 0 fully saturated rings. The highest BCUT2D eigenvalue weighted by Crippen LogP contribution is 2.24. The van der Waals surface area contributed by atoms with E-state index in [0.29, 0.717) is 22.1 Å². The van der Waals surface area contributed by atoms with E-state index >= 15 is 0 Å². The maximum atomic E-state index is 12.9. The zero-order valence-corrected chi connectivity index (χ0v) is 22.0. The number of aryl methyl sites for hydroxylation is 2. The van der Waals surface area contributed by atoms with E-state index in [9.17, 15) is 21.6 Å². The molecule has 3 rings (SSSR count). The molecule has 11 heteroatoms. The normalized spacial score (nSPS) is 12.6. The van der Waals surface area contributed by atoms with Gasteiger partial charge in [-0.1, -0.05) is 35.4 Å². The Morgan fingerprint density at radius 1 is 0.886 bits per heavy atom. The highest BCUT2D eigenvalue weighted by molar-refractivity contribution is 7.92. The molecule has 3 aromatic carbocycles. The van der Waals surface area contributed by atoms with Crippen molar-refractivity contribution in [2.45, 2.75) is 31.7 Å². The minimum absolute atomic E-state index is 0.0161. The maximum absolute atomic E-state index is 12.9. The number of hydrogen-bond acceptors (Lipinski definition) is 5. The van der Waals surface area contributed by atoms with Crippen molar-refractivity contribution < 1.29 is 21.6 Å². The number of anilines is 3. The van der Waals surface area contributed by atoms with E-state index in [2.05, 4.69) is 10.0 Å². The smallest absolute Gasteiger partial charge is 0.261 e. The second-order valence-corrected chi connectivity index (χ2v) is 12.1. The van der Waals surface area contributed by atoms with Crippen molar-refractivity contribution in [2.24, 2.45) is 0 Å². The Morgan fingerprint density at radius 3 is 2.00 bits per heavy atom. The van der Waals surface area contributed by atoms with Crippen molar-refractivity contribution in [2.75, 3.05) is 20.6 Å². The van der Waals surface area contributed by atoms with E-state index in [-0.39, 0.29) is 4.90 Å². The van der Waals surface area contributed by atoms with Crippen LogP contribution < -0.4 is 14.3 Å². The molecule has 0 unspecified atom stereocenters. The number of carbonyl (C=O) groups excluding carboxylic acids is 1. The quantitative estimate of drug-likeness (QED) is 0.439. The largest absolute Gasteiger partial charge is 0.324 e. The highest BCUT2D eigenvalue weighted by Gasteiger charge is 2.29. The Labute approximate surface area is 211 Å². The third-order valence-corrected chi connectivity index (χ3v) is 8.28. The minimum Gasteiger partial charge on any atom is -0.324 e. The van der Waals surface area contributed by atoms with Crippen LogP contribution in [0.2, 0.25) is 5.02 Å². The topological polar surface area (TPSA) is 113 Å². The van der Waals surface area contributed by atoms with Crippen molar-refractivity contribution in [1.82, 2.24) is 0 Å². The van der Waals surface area contributed by atoms with Crippen LogP contribution in [0.4, 0.5) is 17.1 Å². The van der Waals surface area contributed by atoms with Crippen LogP contribution in [0.1, 0.15) is 18.1 Å². The van der Waals surface area contributed by atoms with Gasteiger partial charge in [-0.3, -0.25) is 13.8 Å². The zero-order valence-electron chi connectivity index (χ0n) is 19.6. The average Bonchev–Trinajstić information content (AvgIpc) is 2.77. The molecule has 3 aromatic rings. The van der Waals surface area contributed by atoms with Crippen LogP contribution in [0.5, 0.6) is 0 Å². The number of nitrogens with zero attached hydrogens (tertiary/aromatic N) is 1. The molecule has 0 heterocycles. The van der Waals surface area contributed by atoms with Crippen LogP contribution in [0, 0.1) is 13.8 Å². The summed E-state index contributed by atoms with van der Waals surface area (Å²) in [5.41, 5.74) is 2.78. The summed E-state index contributed by atoms with van der Waals surface area (Å²) in [4.78, 5) is 12.8. The van der Waals surface area contributed by atoms with Gasteiger partial charge in [0.2, 0.25) is 15.9 Å². The van der Waals surface area contributed by atoms with Gasteiger partial charge >= 0.3 is 0 Å². The second kappa shape index (κ2) is 10.3. The summed E-state index contributed by atoms with van der Waals surface area (Å²) in [6, 6.07) is 16.1. The summed E-state index contributed by atoms with van der Waals surface area (Å²) in [5, 5.41) is 3.08. The van der Waals surface area contributed by atoms with Gasteiger partial charge in [-0.05, 0) is 74.9 Å². The van der Waals surface area contributed by atoms with E-state index in [1.54, 1.807) is 36.4 Å². The molecule has 0 saturated carbocycles. The lowest BCUT2D eigenvalue weighted by Crippen LogP contribution is -2.45. The average molecular weight is 536 g/mol. The number of rotatable bonds is 8. The minimum atomic E-state index is -3.89. The van der Waals surface area contributed by atoms with Gasteiger partial charge in [0.25, 0.3) is 10.0 Å². The predicted molar refractivity (Wildman–Crippen MR) is 140 cm³/mol. The molecule has 2 N–H and O–H groups in total. The Hall–Kier alpha value is -3.08. The fourth-order valence-corrected chi connectivity index (χ4v) is 5.74. The van der Waals surface area contributed by atoms with Gasteiger partial charge in [0.15, 0.2) is 0 Å². The predicted octanol–water partition coefficient (Wildman–Crippen LogP) is 4.55. The lowest BCUT2D eigenvalue weighted by molar-refractivity contribution is -0.116. The third kappa shape index (κ3) is 6.53. The summed E-state index contributed by atoms with van der Waals surface area (Å²) >= 11 is 6.06. The summed E-state index contributed by atoms with van der Waals surface area (Å²) < 4.78 is 53.8. The molecule has 0 spiro atoms. The Balaban J connectivity index is 1.76. The van der Waals surface area contributed by atoms with Gasteiger partial charge in [0.05, 0.1) is 22.5 Å². The van der Waals surface area contributed by atoms with Crippen LogP contribution in [0.3, 0.4) is 0 Å². The molecular weight excluding hydrogens is 510 g/mol. The Morgan fingerprint density at radius 2 is 1.46 bits per heavy atom. The molecule has 0 bridgehead atoms. The number of amides is 1. The fraction of sp³-hybridized carbons (Fsp3) is 0.208. The van der Waals surface area contributed by atoms with Crippen molar-refractivity contribution in [3.05, 3.63) is 82.9 Å². The molecule has 0 aliphatic carbocycles. The lowest BCUT2D eigenvalue weighted by atomic mass is 10.2. The molecule has 0 radical (unpaired) electrons. The molecule has 0 aliphatic rings. The molecule has 35 heavy (non-hydrogen) atoms. The van der Waals surface area contributed by atoms with Gasteiger partial charge < -0.3 is 5.32 Å². The van der Waals surface area contributed by atoms with E-state index in [4.69, 9.17) is 11.6 Å². The molecule has 1 amide bonds. The number of hydrogen-bond donors (Lipinski definition) is 2. The third-order valence-electron chi connectivity index (χ3n) is 5.23. The monoisotopic (exact) mass is 535 g/mol. The molecule has 186 valence electrons. The van der Waals surface area contributed by atoms with E-state index in [1.807, 2.05) is 13.8 Å². The molecular formula is C24H26ClN3O5S2. The van der Waals surface area contributed by atoms with Gasteiger partial charge in [0.1, 0.15) is 6.04 Å². The van der Waals surface area contributed by atoms with Gasteiger partial charge in [-0.25, -0.2) is 16.8 Å².